The Morgan fingerprint density at radius 1 is 1.44 bits per heavy atom. The summed E-state index contributed by atoms with van der Waals surface area (Å²) < 4.78 is 1.89. The van der Waals surface area contributed by atoms with E-state index >= 15 is 0 Å². The molecule has 92 valence electrons. The van der Waals surface area contributed by atoms with E-state index in [4.69, 9.17) is 11.0 Å². The summed E-state index contributed by atoms with van der Waals surface area (Å²) in [6, 6.07) is 7.63. The Bertz CT molecular complexity index is 590. The van der Waals surface area contributed by atoms with Gasteiger partial charge in [0.2, 0.25) is 0 Å². The summed E-state index contributed by atoms with van der Waals surface area (Å²) in [7, 11) is 0. The Kier molecular flexibility index (Phi) is 3.33. The first-order valence-electron chi connectivity index (χ1n) is 5.93. The molecule has 0 aliphatic heterocycles. The van der Waals surface area contributed by atoms with E-state index in [1.54, 1.807) is 12.3 Å². The molecule has 0 atom stereocenters. The fraction of sp³-hybridized carbons (Fsp3) is 0.286. The van der Waals surface area contributed by atoms with E-state index in [0.717, 1.165) is 17.7 Å². The number of aromatic nitrogens is 2. The van der Waals surface area contributed by atoms with Gasteiger partial charge in [-0.1, -0.05) is 26.0 Å². The van der Waals surface area contributed by atoms with Crippen molar-refractivity contribution in [3.63, 3.8) is 0 Å². The van der Waals surface area contributed by atoms with Crippen molar-refractivity contribution >= 4 is 5.69 Å². The third kappa shape index (κ3) is 2.35. The molecule has 0 radical (unpaired) electrons. The molecule has 0 aliphatic rings. The Balaban J connectivity index is 2.41. The zero-order valence-electron chi connectivity index (χ0n) is 10.6. The number of hydrogen-bond acceptors (Lipinski definition) is 3. The molecule has 4 nitrogen and oxygen atoms in total. The number of nitrogens with zero attached hydrogens (tertiary/aromatic N) is 3. The molecule has 0 aliphatic carbocycles. The molecule has 0 unspecified atom stereocenters. The van der Waals surface area contributed by atoms with Gasteiger partial charge in [0.1, 0.15) is 6.07 Å². The largest absolute Gasteiger partial charge is 0.398 e. The van der Waals surface area contributed by atoms with E-state index in [1.165, 1.54) is 0 Å². The Labute approximate surface area is 107 Å². The smallest absolute Gasteiger partial charge is 0.102 e. The monoisotopic (exact) mass is 240 g/mol. The molecule has 0 saturated carbocycles. The Morgan fingerprint density at radius 2 is 2.22 bits per heavy atom. The van der Waals surface area contributed by atoms with Crippen LogP contribution in [0.3, 0.4) is 0 Å². The molecule has 1 heterocycles. The van der Waals surface area contributed by atoms with Gasteiger partial charge in [0, 0.05) is 23.9 Å². The number of hydrogen-bond donors (Lipinski definition) is 1. The van der Waals surface area contributed by atoms with Gasteiger partial charge < -0.3 is 5.73 Å². The van der Waals surface area contributed by atoms with E-state index in [2.05, 4.69) is 25.0 Å². The van der Waals surface area contributed by atoms with Crippen LogP contribution in [-0.2, 0) is 6.54 Å². The minimum atomic E-state index is 0.506. The fourth-order valence-corrected chi connectivity index (χ4v) is 1.91. The van der Waals surface area contributed by atoms with Gasteiger partial charge in [-0.3, -0.25) is 4.68 Å². The van der Waals surface area contributed by atoms with Crippen molar-refractivity contribution in [3.05, 3.63) is 36.2 Å². The van der Waals surface area contributed by atoms with E-state index in [1.807, 2.05) is 23.0 Å². The number of nitriles is 1. The highest BCUT2D eigenvalue weighted by molar-refractivity contribution is 5.76. The lowest BCUT2D eigenvalue weighted by molar-refractivity contribution is 0.483. The quantitative estimate of drug-likeness (QED) is 0.838. The highest BCUT2D eigenvalue weighted by Crippen LogP contribution is 2.26. The number of nitrogen functional groups attached to an aromatic ring is 1. The number of rotatable bonds is 3. The highest BCUT2D eigenvalue weighted by atomic mass is 15.3. The molecule has 0 spiro atoms. The van der Waals surface area contributed by atoms with Gasteiger partial charge in [0.15, 0.2) is 0 Å². The summed E-state index contributed by atoms with van der Waals surface area (Å²) in [6.45, 7) is 5.15. The summed E-state index contributed by atoms with van der Waals surface area (Å²) in [6.07, 6.45) is 3.73. The van der Waals surface area contributed by atoms with Crippen LogP contribution in [-0.4, -0.2) is 9.78 Å². The molecule has 1 aromatic carbocycles. The van der Waals surface area contributed by atoms with Gasteiger partial charge >= 0.3 is 0 Å². The second-order valence-corrected chi connectivity index (χ2v) is 4.73. The molecule has 1 aromatic heterocycles. The van der Waals surface area contributed by atoms with Gasteiger partial charge in [0.25, 0.3) is 0 Å². The third-order valence-corrected chi connectivity index (χ3v) is 2.70. The minimum Gasteiger partial charge on any atom is -0.398 e. The zero-order chi connectivity index (χ0) is 13.1. The van der Waals surface area contributed by atoms with E-state index < -0.39 is 0 Å². The topological polar surface area (TPSA) is 67.6 Å². The van der Waals surface area contributed by atoms with E-state index in [-0.39, 0.29) is 0 Å². The van der Waals surface area contributed by atoms with Crippen molar-refractivity contribution in [2.24, 2.45) is 5.92 Å². The maximum atomic E-state index is 9.16. The predicted molar refractivity (Wildman–Crippen MR) is 71.6 cm³/mol. The maximum absolute atomic E-state index is 9.16. The van der Waals surface area contributed by atoms with Crippen LogP contribution in [0.15, 0.2) is 30.6 Å². The van der Waals surface area contributed by atoms with Gasteiger partial charge in [-0.05, 0) is 12.0 Å². The van der Waals surface area contributed by atoms with Gasteiger partial charge in [-0.15, -0.1) is 0 Å². The van der Waals surface area contributed by atoms with Crippen molar-refractivity contribution < 1.29 is 0 Å². The predicted octanol–water partition coefficient (Wildman–Crippen LogP) is 2.66. The maximum Gasteiger partial charge on any atom is 0.102 e. The lowest BCUT2D eigenvalue weighted by Crippen LogP contribution is -2.04. The first-order valence-corrected chi connectivity index (χ1v) is 5.93. The summed E-state index contributed by atoms with van der Waals surface area (Å²) in [5.74, 6) is 0.536. The summed E-state index contributed by atoms with van der Waals surface area (Å²) >= 11 is 0. The van der Waals surface area contributed by atoms with Crippen LogP contribution < -0.4 is 5.73 Å². The third-order valence-electron chi connectivity index (χ3n) is 2.70. The van der Waals surface area contributed by atoms with Crippen molar-refractivity contribution in [1.82, 2.24) is 9.78 Å². The van der Waals surface area contributed by atoms with Crippen LogP contribution in [0, 0.1) is 17.2 Å². The zero-order valence-corrected chi connectivity index (χ0v) is 10.6. The Morgan fingerprint density at radius 3 is 2.89 bits per heavy atom. The molecule has 0 amide bonds. The molecular formula is C14H16N4. The van der Waals surface area contributed by atoms with Crippen LogP contribution in [0.4, 0.5) is 5.69 Å². The number of benzene rings is 1. The van der Waals surface area contributed by atoms with Crippen molar-refractivity contribution in [1.29, 1.82) is 5.26 Å². The first-order chi connectivity index (χ1) is 8.61. The second kappa shape index (κ2) is 4.92. The van der Waals surface area contributed by atoms with E-state index in [0.29, 0.717) is 17.2 Å². The number of anilines is 1. The average Bonchev–Trinajstić information content (AvgIpc) is 2.76. The summed E-state index contributed by atoms with van der Waals surface area (Å²) in [4.78, 5) is 0. The molecule has 0 fully saturated rings. The standard InChI is InChI=1S/C14H16N4/c1-10(2)8-18-9-11(7-17-18)12-4-3-5-14(16)13(12)6-15/h3-5,7,9-10H,8,16H2,1-2H3. The molecule has 4 heteroatoms. The van der Waals surface area contributed by atoms with Crippen LogP contribution in [0.25, 0.3) is 11.1 Å². The average molecular weight is 240 g/mol. The van der Waals surface area contributed by atoms with Crippen LogP contribution >= 0.6 is 0 Å². The molecular weight excluding hydrogens is 224 g/mol. The molecule has 0 saturated heterocycles. The van der Waals surface area contributed by atoms with Gasteiger partial charge in [0.05, 0.1) is 17.4 Å². The van der Waals surface area contributed by atoms with E-state index in [9.17, 15) is 0 Å². The minimum absolute atomic E-state index is 0.506. The van der Waals surface area contributed by atoms with Crippen LogP contribution in [0.2, 0.25) is 0 Å². The SMILES string of the molecule is CC(C)Cn1cc(-c2cccc(N)c2C#N)cn1. The summed E-state index contributed by atoms with van der Waals surface area (Å²) in [5.41, 5.74) is 8.60. The van der Waals surface area contributed by atoms with Gasteiger partial charge in [-0.2, -0.15) is 10.4 Å². The van der Waals surface area contributed by atoms with Crippen LogP contribution in [0.5, 0.6) is 0 Å². The highest BCUT2D eigenvalue weighted by Gasteiger charge is 2.10. The lowest BCUT2D eigenvalue weighted by atomic mass is 10.0. The lowest BCUT2D eigenvalue weighted by Gasteiger charge is -2.05. The van der Waals surface area contributed by atoms with Crippen molar-refractivity contribution in [2.75, 3.05) is 5.73 Å². The first kappa shape index (κ1) is 12.2. The fourth-order valence-electron chi connectivity index (χ4n) is 1.91. The van der Waals surface area contributed by atoms with Crippen LogP contribution in [0.1, 0.15) is 19.4 Å². The molecule has 2 aromatic rings. The van der Waals surface area contributed by atoms with Crippen molar-refractivity contribution in [2.45, 2.75) is 20.4 Å². The molecule has 18 heavy (non-hydrogen) atoms. The normalized spacial score (nSPS) is 10.6. The Hall–Kier alpha value is -2.28. The second-order valence-electron chi connectivity index (χ2n) is 4.73. The molecule has 0 bridgehead atoms. The molecule has 2 rings (SSSR count). The summed E-state index contributed by atoms with van der Waals surface area (Å²) in [5, 5.41) is 13.5. The van der Waals surface area contributed by atoms with Gasteiger partial charge in [-0.25, -0.2) is 0 Å². The number of nitrogens with two attached hydrogens (primary N) is 1. The van der Waals surface area contributed by atoms with Crippen molar-refractivity contribution in [3.8, 4) is 17.2 Å². The molecule has 2 N–H and O–H groups in total.